The standard InChI is InChI=1S/C14H15ClN4O/c1-9-17-12-4-6-19(8-11(12)14(20)18-9)7-10-3-2-5-16-13(10)15/h2-3,5H,4,6-8H2,1H3,(H,17,18,20). The molecule has 104 valence electrons. The van der Waals surface area contributed by atoms with E-state index in [0.717, 1.165) is 29.8 Å². The minimum absolute atomic E-state index is 0.0329. The van der Waals surface area contributed by atoms with E-state index in [4.69, 9.17) is 11.6 Å². The van der Waals surface area contributed by atoms with Crippen LogP contribution in [-0.2, 0) is 19.5 Å². The van der Waals surface area contributed by atoms with E-state index in [2.05, 4.69) is 19.9 Å². The van der Waals surface area contributed by atoms with Crippen LogP contribution in [0.15, 0.2) is 23.1 Å². The van der Waals surface area contributed by atoms with Crippen LogP contribution in [0.5, 0.6) is 0 Å². The summed E-state index contributed by atoms with van der Waals surface area (Å²) in [6.07, 6.45) is 2.46. The third kappa shape index (κ3) is 2.59. The van der Waals surface area contributed by atoms with Gasteiger partial charge in [-0.1, -0.05) is 17.7 Å². The lowest BCUT2D eigenvalue weighted by Crippen LogP contribution is -2.35. The fourth-order valence-corrected chi connectivity index (χ4v) is 2.70. The summed E-state index contributed by atoms with van der Waals surface area (Å²) in [5.41, 5.74) is 2.63. The molecule has 0 aromatic carbocycles. The number of H-pyrrole nitrogens is 1. The van der Waals surface area contributed by atoms with Gasteiger partial charge >= 0.3 is 0 Å². The second kappa shape index (κ2) is 5.34. The van der Waals surface area contributed by atoms with Gasteiger partial charge in [0.25, 0.3) is 5.56 Å². The topological polar surface area (TPSA) is 61.9 Å². The predicted octanol–water partition coefficient (Wildman–Crippen LogP) is 1.69. The van der Waals surface area contributed by atoms with Crippen LogP contribution < -0.4 is 5.56 Å². The molecule has 0 saturated heterocycles. The summed E-state index contributed by atoms with van der Waals surface area (Å²) in [4.78, 5) is 25.4. The molecule has 3 rings (SSSR count). The highest BCUT2D eigenvalue weighted by Gasteiger charge is 2.21. The Hall–Kier alpha value is -1.72. The summed E-state index contributed by atoms with van der Waals surface area (Å²) in [6, 6.07) is 3.83. The van der Waals surface area contributed by atoms with Crippen molar-refractivity contribution in [1.29, 1.82) is 0 Å². The molecule has 0 fully saturated rings. The maximum absolute atomic E-state index is 12.0. The lowest BCUT2D eigenvalue weighted by atomic mass is 10.1. The van der Waals surface area contributed by atoms with E-state index in [1.165, 1.54) is 0 Å². The maximum atomic E-state index is 12.0. The van der Waals surface area contributed by atoms with Crippen molar-refractivity contribution in [2.45, 2.75) is 26.4 Å². The number of aryl methyl sites for hydroxylation is 1. The van der Waals surface area contributed by atoms with Gasteiger partial charge in [0, 0.05) is 37.8 Å². The van der Waals surface area contributed by atoms with Gasteiger partial charge in [0.2, 0.25) is 0 Å². The number of fused-ring (bicyclic) bond motifs is 1. The Bertz CT molecular complexity index is 698. The second-order valence-electron chi connectivity index (χ2n) is 4.99. The number of nitrogens with zero attached hydrogens (tertiary/aromatic N) is 3. The Morgan fingerprint density at radius 1 is 1.50 bits per heavy atom. The van der Waals surface area contributed by atoms with Crippen molar-refractivity contribution in [1.82, 2.24) is 19.9 Å². The Morgan fingerprint density at radius 2 is 2.35 bits per heavy atom. The molecule has 0 spiro atoms. The molecule has 0 bridgehead atoms. The highest BCUT2D eigenvalue weighted by Crippen LogP contribution is 2.19. The van der Waals surface area contributed by atoms with Crippen LogP contribution in [0.2, 0.25) is 5.15 Å². The monoisotopic (exact) mass is 290 g/mol. The Kier molecular flexibility index (Phi) is 3.54. The highest BCUT2D eigenvalue weighted by atomic mass is 35.5. The SMILES string of the molecule is Cc1nc2c(c(=O)[nH]1)CN(Cc1cccnc1Cl)CC2. The third-order valence-electron chi connectivity index (χ3n) is 3.50. The van der Waals surface area contributed by atoms with Crippen LogP contribution in [0.3, 0.4) is 0 Å². The van der Waals surface area contributed by atoms with Crippen molar-refractivity contribution >= 4 is 11.6 Å². The smallest absolute Gasteiger partial charge is 0.255 e. The minimum Gasteiger partial charge on any atom is -0.310 e. The average Bonchev–Trinajstić information content (AvgIpc) is 2.42. The summed E-state index contributed by atoms with van der Waals surface area (Å²) < 4.78 is 0. The fourth-order valence-electron chi connectivity index (χ4n) is 2.52. The van der Waals surface area contributed by atoms with Gasteiger partial charge < -0.3 is 4.98 Å². The number of halogens is 1. The number of aromatic nitrogens is 3. The molecule has 3 heterocycles. The van der Waals surface area contributed by atoms with E-state index < -0.39 is 0 Å². The number of pyridine rings is 1. The van der Waals surface area contributed by atoms with Crippen LogP contribution in [0.1, 0.15) is 22.6 Å². The molecule has 1 aliphatic heterocycles. The zero-order valence-electron chi connectivity index (χ0n) is 11.2. The molecule has 1 N–H and O–H groups in total. The molecule has 0 atom stereocenters. The highest BCUT2D eigenvalue weighted by molar-refractivity contribution is 6.30. The molecule has 20 heavy (non-hydrogen) atoms. The van der Waals surface area contributed by atoms with Crippen molar-refractivity contribution in [3.63, 3.8) is 0 Å². The Labute approximate surface area is 121 Å². The van der Waals surface area contributed by atoms with E-state index in [1.807, 2.05) is 19.1 Å². The molecular formula is C14H15ClN4O. The minimum atomic E-state index is -0.0329. The molecule has 2 aromatic rings. The van der Waals surface area contributed by atoms with Crippen molar-refractivity contribution in [2.24, 2.45) is 0 Å². The molecule has 6 heteroatoms. The number of hydrogen-bond acceptors (Lipinski definition) is 4. The summed E-state index contributed by atoms with van der Waals surface area (Å²) in [5, 5.41) is 0.522. The van der Waals surface area contributed by atoms with Crippen LogP contribution in [0.4, 0.5) is 0 Å². The van der Waals surface area contributed by atoms with E-state index in [9.17, 15) is 4.79 Å². The van der Waals surface area contributed by atoms with Gasteiger partial charge in [-0.3, -0.25) is 9.69 Å². The van der Waals surface area contributed by atoms with Gasteiger partial charge in [0.05, 0.1) is 11.3 Å². The van der Waals surface area contributed by atoms with E-state index >= 15 is 0 Å². The Morgan fingerprint density at radius 3 is 3.15 bits per heavy atom. The van der Waals surface area contributed by atoms with Crippen LogP contribution in [0, 0.1) is 6.92 Å². The van der Waals surface area contributed by atoms with Gasteiger partial charge in [-0.05, 0) is 13.0 Å². The largest absolute Gasteiger partial charge is 0.310 e. The first-order valence-electron chi connectivity index (χ1n) is 6.54. The number of rotatable bonds is 2. The first-order chi connectivity index (χ1) is 9.63. The predicted molar refractivity (Wildman–Crippen MR) is 76.7 cm³/mol. The maximum Gasteiger partial charge on any atom is 0.255 e. The molecular weight excluding hydrogens is 276 g/mol. The zero-order chi connectivity index (χ0) is 14.1. The summed E-state index contributed by atoms with van der Waals surface area (Å²) >= 11 is 6.08. The Balaban J connectivity index is 1.83. The van der Waals surface area contributed by atoms with Crippen LogP contribution in [0.25, 0.3) is 0 Å². The quantitative estimate of drug-likeness (QED) is 0.855. The summed E-state index contributed by atoms with van der Waals surface area (Å²) in [5.74, 6) is 0.678. The summed E-state index contributed by atoms with van der Waals surface area (Å²) in [6.45, 7) is 3.97. The van der Waals surface area contributed by atoms with Gasteiger partial charge in [-0.2, -0.15) is 0 Å². The van der Waals surface area contributed by atoms with Crippen molar-refractivity contribution in [3.05, 3.63) is 56.5 Å². The molecule has 0 aliphatic carbocycles. The van der Waals surface area contributed by atoms with Gasteiger partial charge in [-0.15, -0.1) is 0 Å². The zero-order valence-corrected chi connectivity index (χ0v) is 11.9. The normalized spacial score (nSPS) is 15.1. The molecule has 0 saturated carbocycles. The van der Waals surface area contributed by atoms with Gasteiger partial charge in [-0.25, -0.2) is 9.97 Å². The molecule has 0 radical (unpaired) electrons. The first-order valence-corrected chi connectivity index (χ1v) is 6.91. The fraction of sp³-hybridized carbons (Fsp3) is 0.357. The van der Waals surface area contributed by atoms with E-state index in [1.54, 1.807) is 6.20 Å². The van der Waals surface area contributed by atoms with E-state index in [-0.39, 0.29) is 5.56 Å². The van der Waals surface area contributed by atoms with Crippen LogP contribution >= 0.6 is 11.6 Å². The van der Waals surface area contributed by atoms with Crippen molar-refractivity contribution in [3.8, 4) is 0 Å². The number of nitrogens with one attached hydrogen (secondary N) is 1. The van der Waals surface area contributed by atoms with Crippen molar-refractivity contribution in [2.75, 3.05) is 6.54 Å². The second-order valence-corrected chi connectivity index (χ2v) is 5.35. The van der Waals surface area contributed by atoms with Crippen LogP contribution in [-0.4, -0.2) is 26.4 Å². The molecule has 1 aliphatic rings. The lowest BCUT2D eigenvalue weighted by molar-refractivity contribution is 0.241. The number of hydrogen-bond donors (Lipinski definition) is 1. The van der Waals surface area contributed by atoms with Gasteiger partial charge in [0.15, 0.2) is 0 Å². The first kappa shape index (κ1) is 13.3. The molecule has 0 unspecified atom stereocenters. The number of aromatic amines is 1. The van der Waals surface area contributed by atoms with Gasteiger partial charge in [0.1, 0.15) is 11.0 Å². The molecule has 0 amide bonds. The lowest BCUT2D eigenvalue weighted by Gasteiger charge is -2.27. The summed E-state index contributed by atoms with van der Waals surface area (Å²) in [7, 11) is 0. The van der Waals surface area contributed by atoms with E-state index in [0.29, 0.717) is 24.1 Å². The third-order valence-corrected chi connectivity index (χ3v) is 3.84. The average molecular weight is 291 g/mol. The van der Waals surface area contributed by atoms with Crippen molar-refractivity contribution < 1.29 is 0 Å². The molecule has 5 nitrogen and oxygen atoms in total. The molecule has 2 aromatic heterocycles.